The molecule has 0 spiro atoms. The van der Waals surface area contributed by atoms with Crippen LogP contribution in [0.3, 0.4) is 0 Å². The number of fused-ring (bicyclic) bond motifs is 1. The summed E-state index contributed by atoms with van der Waals surface area (Å²) in [6.07, 6.45) is 0.713. The van der Waals surface area contributed by atoms with Crippen molar-refractivity contribution in [2.75, 3.05) is 5.75 Å². The van der Waals surface area contributed by atoms with Gasteiger partial charge < -0.3 is 5.11 Å². The molecule has 0 saturated carbocycles. The van der Waals surface area contributed by atoms with Crippen LogP contribution in [0.4, 0.5) is 0 Å². The van der Waals surface area contributed by atoms with Gasteiger partial charge >= 0.3 is 5.97 Å². The van der Waals surface area contributed by atoms with Gasteiger partial charge in [-0.3, -0.25) is 4.79 Å². The molecule has 0 fully saturated rings. The molecule has 6 nitrogen and oxygen atoms in total. The average Bonchev–Trinajstić information content (AvgIpc) is 2.59. The van der Waals surface area contributed by atoms with Crippen LogP contribution in [-0.4, -0.2) is 37.4 Å². The standard InChI is InChI=1S/C8H10N4O2S/c1-2-6-9-10-8-12(6)11-5(4-15-8)3-7(13)14/h2-4H2,1H3,(H,13,14). The molecule has 0 atom stereocenters. The Morgan fingerprint density at radius 1 is 1.60 bits per heavy atom. The number of aromatic nitrogens is 3. The Balaban J connectivity index is 2.30. The van der Waals surface area contributed by atoms with Crippen molar-refractivity contribution in [3.05, 3.63) is 5.82 Å². The molecule has 0 unspecified atom stereocenters. The Kier molecular flexibility index (Phi) is 2.72. The van der Waals surface area contributed by atoms with Gasteiger partial charge in [-0.15, -0.1) is 10.2 Å². The second-order valence-electron chi connectivity index (χ2n) is 3.09. The van der Waals surface area contributed by atoms with Crippen molar-refractivity contribution in [2.45, 2.75) is 24.9 Å². The summed E-state index contributed by atoms with van der Waals surface area (Å²) >= 11 is 1.47. The van der Waals surface area contributed by atoms with E-state index in [0.717, 1.165) is 17.4 Å². The lowest BCUT2D eigenvalue weighted by Crippen LogP contribution is -2.16. The topological polar surface area (TPSA) is 80.4 Å². The highest BCUT2D eigenvalue weighted by Gasteiger charge is 2.19. The van der Waals surface area contributed by atoms with E-state index in [2.05, 4.69) is 15.3 Å². The van der Waals surface area contributed by atoms with E-state index >= 15 is 0 Å². The van der Waals surface area contributed by atoms with Crippen LogP contribution in [0.5, 0.6) is 0 Å². The summed E-state index contributed by atoms with van der Waals surface area (Å²) < 4.78 is 1.63. The molecule has 7 heteroatoms. The van der Waals surface area contributed by atoms with E-state index in [1.807, 2.05) is 6.92 Å². The second kappa shape index (κ2) is 4.01. The number of hydrogen-bond donors (Lipinski definition) is 1. The molecular formula is C8H10N4O2S. The molecule has 1 aliphatic rings. The van der Waals surface area contributed by atoms with Crippen LogP contribution >= 0.6 is 11.8 Å². The highest BCUT2D eigenvalue weighted by Crippen LogP contribution is 2.22. The highest BCUT2D eigenvalue weighted by atomic mass is 32.2. The minimum absolute atomic E-state index is 0.0201. The first-order valence-electron chi connectivity index (χ1n) is 4.56. The smallest absolute Gasteiger partial charge is 0.309 e. The Morgan fingerprint density at radius 2 is 2.40 bits per heavy atom. The molecule has 0 aliphatic carbocycles. The van der Waals surface area contributed by atoms with Gasteiger partial charge in [-0.05, 0) is 0 Å². The lowest BCUT2D eigenvalue weighted by atomic mass is 10.3. The lowest BCUT2D eigenvalue weighted by molar-refractivity contribution is -0.135. The van der Waals surface area contributed by atoms with Crippen molar-refractivity contribution in [1.29, 1.82) is 0 Å². The summed E-state index contributed by atoms with van der Waals surface area (Å²) in [4.78, 5) is 10.5. The van der Waals surface area contributed by atoms with E-state index in [4.69, 9.17) is 5.11 Å². The maximum absolute atomic E-state index is 10.5. The highest BCUT2D eigenvalue weighted by molar-refractivity contribution is 7.99. The summed E-state index contributed by atoms with van der Waals surface area (Å²) in [7, 11) is 0. The van der Waals surface area contributed by atoms with E-state index < -0.39 is 5.97 Å². The van der Waals surface area contributed by atoms with Crippen LogP contribution in [0.15, 0.2) is 10.3 Å². The van der Waals surface area contributed by atoms with E-state index in [9.17, 15) is 4.79 Å². The summed E-state index contributed by atoms with van der Waals surface area (Å²) in [5.74, 6) is 0.484. The summed E-state index contributed by atoms with van der Waals surface area (Å²) in [6.45, 7) is 1.96. The van der Waals surface area contributed by atoms with Crippen molar-refractivity contribution in [3.8, 4) is 0 Å². The van der Waals surface area contributed by atoms with Gasteiger partial charge in [0.15, 0.2) is 5.82 Å². The molecule has 2 heterocycles. The van der Waals surface area contributed by atoms with Crippen molar-refractivity contribution >= 4 is 23.4 Å². The fourth-order valence-electron chi connectivity index (χ4n) is 1.29. The average molecular weight is 226 g/mol. The third-order valence-electron chi connectivity index (χ3n) is 1.96. The Bertz CT molecular complexity index is 426. The van der Waals surface area contributed by atoms with Crippen molar-refractivity contribution in [2.24, 2.45) is 5.10 Å². The van der Waals surface area contributed by atoms with Gasteiger partial charge in [0, 0.05) is 12.2 Å². The number of carbonyl (C=O) groups is 1. The molecule has 1 aromatic heterocycles. The third kappa shape index (κ3) is 2.01. The lowest BCUT2D eigenvalue weighted by Gasteiger charge is -2.11. The van der Waals surface area contributed by atoms with Gasteiger partial charge in [-0.2, -0.15) is 9.78 Å². The number of nitrogens with zero attached hydrogens (tertiary/aromatic N) is 4. The molecule has 0 amide bonds. The van der Waals surface area contributed by atoms with Crippen LogP contribution in [0, 0.1) is 0 Å². The SMILES string of the molecule is CCc1nnc2n1N=C(CC(=O)O)CS2. The Labute approximate surface area is 90.4 Å². The molecule has 80 valence electrons. The largest absolute Gasteiger partial charge is 0.481 e. The number of thioether (sulfide) groups is 1. The van der Waals surface area contributed by atoms with E-state index in [1.165, 1.54) is 11.8 Å². The first-order chi connectivity index (χ1) is 7.20. The molecule has 1 aliphatic heterocycles. The number of aliphatic carboxylic acids is 1. The maximum atomic E-state index is 10.5. The normalized spacial score (nSPS) is 14.6. The van der Waals surface area contributed by atoms with Crippen LogP contribution in [0.25, 0.3) is 0 Å². The van der Waals surface area contributed by atoms with E-state index in [1.54, 1.807) is 4.68 Å². The van der Waals surface area contributed by atoms with Gasteiger partial charge in [0.1, 0.15) is 0 Å². The Hall–Kier alpha value is -1.37. The molecule has 0 radical (unpaired) electrons. The number of rotatable bonds is 3. The zero-order valence-corrected chi connectivity index (χ0v) is 8.99. The Morgan fingerprint density at radius 3 is 3.07 bits per heavy atom. The third-order valence-corrected chi connectivity index (χ3v) is 2.95. The molecular weight excluding hydrogens is 216 g/mol. The summed E-state index contributed by atoms with van der Waals surface area (Å²) in [5.41, 5.74) is 0.648. The summed E-state index contributed by atoms with van der Waals surface area (Å²) in [5, 5.41) is 21.6. The summed E-state index contributed by atoms with van der Waals surface area (Å²) in [6, 6.07) is 0. The minimum atomic E-state index is -0.857. The first-order valence-corrected chi connectivity index (χ1v) is 5.55. The van der Waals surface area contributed by atoms with Gasteiger partial charge in [-0.25, -0.2) is 0 Å². The van der Waals surface area contributed by atoms with Gasteiger partial charge in [0.05, 0.1) is 12.1 Å². The van der Waals surface area contributed by atoms with Gasteiger partial charge in [0.25, 0.3) is 0 Å². The molecule has 1 N–H and O–H groups in total. The van der Waals surface area contributed by atoms with Crippen LogP contribution in [0.2, 0.25) is 0 Å². The molecule has 0 bridgehead atoms. The quantitative estimate of drug-likeness (QED) is 0.817. The molecule has 0 aromatic carbocycles. The van der Waals surface area contributed by atoms with Crippen molar-refractivity contribution in [1.82, 2.24) is 14.9 Å². The zero-order chi connectivity index (χ0) is 10.8. The van der Waals surface area contributed by atoms with Crippen LogP contribution < -0.4 is 0 Å². The molecule has 1 aromatic rings. The fraction of sp³-hybridized carbons (Fsp3) is 0.500. The molecule has 15 heavy (non-hydrogen) atoms. The van der Waals surface area contributed by atoms with Crippen molar-refractivity contribution in [3.63, 3.8) is 0 Å². The fourth-order valence-corrected chi connectivity index (χ4v) is 2.11. The molecule has 0 saturated heterocycles. The number of aryl methyl sites for hydroxylation is 1. The number of carboxylic acid groups (broad SMARTS) is 1. The molecule has 2 rings (SSSR count). The predicted molar refractivity (Wildman–Crippen MR) is 55.2 cm³/mol. The maximum Gasteiger partial charge on any atom is 0.309 e. The van der Waals surface area contributed by atoms with E-state index in [0.29, 0.717) is 11.5 Å². The van der Waals surface area contributed by atoms with Gasteiger partial charge in [0.2, 0.25) is 5.16 Å². The van der Waals surface area contributed by atoms with Crippen molar-refractivity contribution < 1.29 is 9.90 Å². The predicted octanol–water partition coefficient (Wildman–Crippen LogP) is 0.625. The van der Waals surface area contributed by atoms with E-state index in [-0.39, 0.29) is 6.42 Å². The minimum Gasteiger partial charge on any atom is -0.481 e. The van der Waals surface area contributed by atoms with Crippen LogP contribution in [0.1, 0.15) is 19.2 Å². The van der Waals surface area contributed by atoms with Gasteiger partial charge in [-0.1, -0.05) is 18.7 Å². The monoisotopic (exact) mass is 226 g/mol. The second-order valence-corrected chi connectivity index (χ2v) is 4.03. The van der Waals surface area contributed by atoms with Crippen LogP contribution in [-0.2, 0) is 11.2 Å². The number of hydrogen-bond acceptors (Lipinski definition) is 5. The zero-order valence-electron chi connectivity index (χ0n) is 8.17. The number of carboxylic acids is 1. The first kappa shape index (κ1) is 10.2.